The molecule has 6 aromatic rings. The van der Waals surface area contributed by atoms with Gasteiger partial charge in [-0.1, -0.05) is 12.1 Å². The van der Waals surface area contributed by atoms with E-state index >= 15 is 0 Å². The fourth-order valence-electron chi connectivity index (χ4n) is 4.47. The number of H-pyrrole nitrogens is 1. The number of amides is 1. The number of carbonyl (C=O) groups is 1. The molecule has 0 aliphatic heterocycles. The van der Waals surface area contributed by atoms with Crippen molar-refractivity contribution in [1.82, 2.24) is 45.2 Å². The van der Waals surface area contributed by atoms with Crippen molar-refractivity contribution in [3.05, 3.63) is 83.3 Å². The van der Waals surface area contributed by atoms with Gasteiger partial charge >= 0.3 is 6.03 Å². The van der Waals surface area contributed by atoms with Crippen molar-refractivity contribution in [2.45, 2.75) is 44.6 Å². The number of thiazole rings is 2. The minimum atomic E-state index is -0.191. The SMILES string of the molecule is Cc1sc(Nc2ccccn2)nc1-c1cnn(C(=O)NC2CC2)c1.c1ccc(Nc2nc(-c3cn[nH]c3C3CC3)cs2)nc1. The van der Waals surface area contributed by atoms with Crippen LogP contribution in [0, 0.1) is 6.92 Å². The Balaban J connectivity index is 0.000000144. The summed E-state index contributed by atoms with van der Waals surface area (Å²) in [6.07, 6.45) is 13.3. The van der Waals surface area contributed by atoms with Crippen LogP contribution in [0.15, 0.2) is 72.8 Å². The molecule has 2 aliphatic rings. The summed E-state index contributed by atoms with van der Waals surface area (Å²) in [6.45, 7) is 2.00. The van der Waals surface area contributed by atoms with Crippen molar-refractivity contribution in [3.8, 4) is 22.5 Å². The first kappa shape index (κ1) is 27.9. The summed E-state index contributed by atoms with van der Waals surface area (Å²) in [5.74, 6) is 2.20. The van der Waals surface area contributed by atoms with Crippen LogP contribution in [0.1, 0.15) is 42.2 Å². The lowest BCUT2D eigenvalue weighted by atomic mass is 10.1. The van der Waals surface area contributed by atoms with Crippen molar-refractivity contribution in [2.24, 2.45) is 0 Å². The van der Waals surface area contributed by atoms with E-state index in [1.807, 2.05) is 49.5 Å². The third-order valence-corrected chi connectivity index (χ3v) is 8.64. The number of aryl methyl sites for hydroxylation is 1. The number of pyridine rings is 2. The monoisotopic (exact) mass is 623 g/mol. The van der Waals surface area contributed by atoms with Crippen LogP contribution in [-0.4, -0.2) is 52.0 Å². The lowest BCUT2D eigenvalue weighted by molar-refractivity contribution is 0.239. The van der Waals surface area contributed by atoms with Crippen LogP contribution in [-0.2, 0) is 0 Å². The Labute approximate surface area is 261 Å². The van der Waals surface area contributed by atoms with Crippen LogP contribution < -0.4 is 16.0 Å². The molecule has 2 aliphatic carbocycles. The Bertz CT molecular complexity index is 1850. The predicted octanol–water partition coefficient (Wildman–Crippen LogP) is 6.72. The van der Waals surface area contributed by atoms with Crippen molar-refractivity contribution in [1.29, 1.82) is 0 Å². The summed E-state index contributed by atoms with van der Waals surface area (Å²) < 4.78 is 1.33. The molecule has 14 heteroatoms. The summed E-state index contributed by atoms with van der Waals surface area (Å²) >= 11 is 3.12. The van der Waals surface area contributed by atoms with Gasteiger partial charge in [-0.15, -0.1) is 22.7 Å². The van der Waals surface area contributed by atoms with E-state index in [0.717, 1.165) is 62.1 Å². The average molecular weight is 624 g/mol. The van der Waals surface area contributed by atoms with E-state index < -0.39 is 0 Å². The molecular formula is C30H29N11OS2. The van der Waals surface area contributed by atoms with Gasteiger partial charge in [0.25, 0.3) is 0 Å². The Morgan fingerprint density at radius 1 is 0.955 bits per heavy atom. The molecule has 44 heavy (non-hydrogen) atoms. The zero-order valence-corrected chi connectivity index (χ0v) is 25.4. The number of nitrogens with zero attached hydrogens (tertiary/aromatic N) is 7. The maximum Gasteiger partial charge on any atom is 0.342 e. The molecule has 0 aromatic carbocycles. The summed E-state index contributed by atoms with van der Waals surface area (Å²) in [5, 5.41) is 24.4. The Kier molecular flexibility index (Phi) is 7.81. The molecular weight excluding hydrogens is 595 g/mol. The lowest BCUT2D eigenvalue weighted by Gasteiger charge is -2.01. The molecule has 0 atom stereocenters. The van der Waals surface area contributed by atoms with Gasteiger partial charge in [0, 0.05) is 57.6 Å². The minimum absolute atomic E-state index is 0.191. The highest BCUT2D eigenvalue weighted by Crippen LogP contribution is 2.43. The van der Waals surface area contributed by atoms with Gasteiger partial charge in [-0.25, -0.2) is 24.7 Å². The number of hydrogen-bond acceptors (Lipinski definition) is 11. The van der Waals surface area contributed by atoms with E-state index in [1.54, 1.807) is 47.5 Å². The second-order valence-corrected chi connectivity index (χ2v) is 12.6. The standard InChI is InChI=1S/C16H16N6OS.C14H13N5S/c1-10-14(21-15(24-10)20-13-4-2-3-7-17-13)11-8-18-22(9-11)16(23)19-12-5-6-12;1-2-6-15-12(3-1)18-14-17-11(8-20-14)10-7-16-19-13(10)9-4-5-9/h2-4,7-9,12H,5-6H2,1H3,(H,19,23)(H,17,20,21);1-3,6-9H,4-5H2,(H,16,19)(H,15,17,18). The maximum absolute atomic E-state index is 12.0. The molecule has 0 radical (unpaired) electrons. The van der Waals surface area contributed by atoms with Crippen LogP contribution in [0.3, 0.4) is 0 Å². The number of anilines is 4. The van der Waals surface area contributed by atoms with Crippen LogP contribution in [0.2, 0.25) is 0 Å². The molecule has 1 amide bonds. The van der Waals surface area contributed by atoms with E-state index in [2.05, 4.69) is 56.6 Å². The van der Waals surface area contributed by atoms with Gasteiger partial charge < -0.3 is 16.0 Å². The summed E-state index contributed by atoms with van der Waals surface area (Å²) in [5.41, 5.74) is 4.97. The molecule has 2 saturated carbocycles. The average Bonchev–Trinajstić information content (AvgIpc) is 3.80. The lowest BCUT2D eigenvalue weighted by Crippen LogP contribution is -2.30. The molecule has 4 N–H and O–H groups in total. The first-order chi connectivity index (χ1) is 21.6. The second-order valence-electron chi connectivity index (χ2n) is 10.5. The third kappa shape index (κ3) is 6.66. The fourth-order valence-corrected chi connectivity index (χ4v) is 6.03. The van der Waals surface area contributed by atoms with E-state index in [9.17, 15) is 4.79 Å². The van der Waals surface area contributed by atoms with Crippen molar-refractivity contribution >= 4 is 50.6 Å². The zero-order valence-electron chi connectivity index (χ0n) is 23.8. The van der Waals surface area contributed by atoms with Crippen LogP contribution in [0.5, 0.6) is 0 Å². The van der Waals surface area contributed by atoms with Gasteiger partial charge in [0.05, 0.1) is 23.8 Å². The number of aromatic nitrogens is 8. The smallest absolute Gasteiger partial charge is 0.333 e. The van der Waals surface area contributed by atoms with Crippen molar-refractivity contribution < 1.29 is 4.79 Å². The molecule has 0 spiro atoms. The highest BCUT2D eigenvalue weighted by molar-refractivity contribution is 7.16. The minimum Gasteiger partial charge on any atom is -0.333 e. The first-order valence-corrected chi connectivity index (χ1v) is 16.0. The van der Waals surface area contributed by atoms with Crippen LogP contribution >= 0.6 is 22.7 Å². The van der Waals surface area contributed by atoms with E-state index in [-0.39, 0.29) is 6.03 Å². The summed E-state index contributed by atoms with van der Waals surface area (Å²) in [7, 11) is 0. The van der Waals surface area contributed by atoms with Gasteiger partial charge in [-0.2, -0.15) is 14.9 Å². The van der Waals surface area contributed by atoms with Crippen molar-refractivity contribution in [2.75, 3.05) is 10.6 Å². The first-order valence-electron chi connectivity index (χ1n) is 14.3. The number of rotatable bonds is 8. The van der Waals surface area contributed by atoms with E-state index in [1.165, 1.54) is 23.2 Å². The highest BCUT2D eigenvalue weighted by Gasteiger charge is 2.29. The molecule has 8 rings (SSSR count). The van der Waals surface area contributed by atoms with Gasteiger partial charge in [-0.3, -0.25) is 5.10 Å². The zero-order chi connectivity index (χ0) is 29.9. The molecule has 6 aromatic heterocycles. The largest absolute Gasteiger partial charge is 0.342 e. The number of carbonyl (C=O) groups excluding carboxylic acids is 1. The molecule has 12 nitrogen and oxygen atoms in total. The molecule has 0 unspecified atom stereocenters. The van der Waals surface area contributed by atoms with Gasteiger partial charge in [0.1, 0.15) is 11.6 Å². The molecule has 6 heterocycles. The Morgan fingerprint density at radius 2 is 1.70 bits per heavy atom. The van der Waals surface area contributed by atoms with Crippen molar-refractivity contribution in [3.63, 3.8) is 0 Å². The predicted molar refractivity (Wildman–Crippen MR) is 172 cm³/mol. The molecule has 2 fully saturated rings. The van der Waals surface area contributed by atoms with Gasteiger partial charge in [0.2, 0.25) is 0 Å². The van der Waals surface area contributed by atoms with Crippen LogP contribution in [0.4, 0.5) is 26.7 Å². The molecule has 222 valence electrons. The Hall–Kier alpha value is -4.95. The fraction of sp³-hybridized carbons (Fsp3) is 0.233. The molecule has 0 bridgehead atoms. The summed E-state index contributed by atoms with van der Waals surface area (Å²) in [4.78, 5) is 30.8. The number of aromatic amines is 1. The molecule has 0 saturated heterocycles. The normalized spacial score (nSPS) is 14.0. The van der Waals surface area contributed by atoms with Crippen LogP contribution in [0.25, 0.3) is 22.5 Å². The van der Waals surface area contributed by atoms with E-state index in [0.29, 0.717) is 12.0 Å². The summed E-state index contributed by atoms with van der Waals surface area (Å²) in [6, 6.07) is 11.6. The van der Waals surface area contributed by atoms with Gasteiger partial charge in [0.15, 0.2) is 10.3 Å². The quantitative estimate of drug-likeness (QED) is 0.145. The number of nitrogens with one attached hydrogen (secondary N) is 4. The maximum atomic E-state index is 12.0. The number of hydrogen-bond donors (Lipinski definition) is 4. The highest BCUT2D eigenvalue weighted by atomic mass is 32.1. The third-order valence-electron chi connectivity index (χ3n) is 7.00. The second kappa shape index (κ2) is 12.3. The topological polar surface area (TPSA) is 151 Å². The van der Waals surface area contributed by atoms with E-state index in [4.69, 9.17) is 0 Å². The van der Waals surface area contributed by atoms with Gasteiger partial charge in [-0.05, 0) is 56.9 Å². The Morgan fingerprint density at radius 3 is 2.39 bits per heavy atom.